The van der Waals surface area contributed by atoms with Gasteiger partial charge in [0.15, 0.2) is 0 Å². The zero-order valence-corrected chi connectivity index (χ0v) is 13.9. The molecular formula is C12H24N2O4S2. The predicted octanol–water partition coefficient (Wildman–Crippen LogP) is 0.834. The lowest BCUT2D eigenvalue weighted by Crippen LogP contribution is -2.47. The molecule has 0 aliphatic rings. The van der Waals surface area contributed by atoms with Crippen molar-refractivity contribution in [2.24, 2.45) is 11.5 Å². The molecule has 0 saturated carbocycles. The van der Waals surface area contributed by atoms with E-state index in [-0.39, 0.29) is 0 Å². The molecule has 6 nitrogen and oxygen atoms in total. The molecule has 20 heavy (non-hydrogen) atoms. The van der Waals surface area contributed by atoms with Crippen LogP contribution in [0.4, 0.5) is 0 Å². The Kier molecular flexibility index (Phi) is 7.37. The van der Waals surface area contributed by atoms with Crippen molar-refractivity contribution in [2.45, 2.75) is 49.3 Å². The van der Waals surface area contributed by atoms with Crippen LogP contribution in [0.15, 0.2) is 0 Å². The second kappa shape index (κ2) is 7.53. The van der Waals surface area contributed by atoms with Gasteiger partial charge in [0.1, 0.15) is 12.1 Å². The predicted molar refractivity (Wildman–Crippen MR) is 84.3 cm³/mol. The summed E-state index contributed by atoms with van der Waals surface area (Å²) in [6.07, 6.45) is 0. The van der Waals surface area contributed by atoms with Crippen molar-refractivity contribution < 1.29 is 19.8 Å². The summed E-state index contributed by atoms with van der Waals surface area (Å²) in [5.41, 5.74) is 11.3. The van der Waals surface area contributed by atoms with E-state index in [9.17, 15) is 9.59 Å². The number of carboxylic acid groups (broad SMARTS) is 2. The van der Waals surface area contributed by atoms with E-state index in [0.29, 0.717) is 11.5 Å². The summed E-state index contributed by atoms with van der Waals surface area (Å²) >= 11 is 2.92. The Balaban J connectivity index is 4.27. The SMILES string of the molecule is CC(C)(SCCSC(C)(C)[C@H](N)C(=O)O)[C@H](N)C(=O)O. The van der Waals surface area contributed by atoms with Crippen molar-refractivity contribution in [3.8, 4) is 0 Å². The molecule has 0 radical (unpaired) electrons. The molecule has 0 fully saturated rings. The standard InChI is InChI=1S/C12H24N2O4S2/c1-11(2,7(13)9(15)16)19-5-6-20-12(3,4)8(14)10(17)18/h7-8H,5-6,13-14H2,1-4H3,(H,15,16)(H,17,18)/t7-,8-/m1/s1. The van der Waals surface area contributed by atoms with Crippen molar-refractivity contribution in [3.63, 3.8) is 0 Å². The first-order valence-electron chi connectivity index (χ1n) is 6.16. The molecule has 6 N–H and O–H groups in total. The van der Waals surface area contributed by atoms with Gasteiger partial charge in [0.05, 0.1) is 0 Å². The van der Waals surface area contributed by atoms with E-state index >= 15 is 0 Å². The highest BCUT2D eigenvalue weighted by atomic mass is 32.2. The molecule has 0 rings (SSSR count). The van der Waals surface area contributed by atoms with Gasteiger partial charge < -0.3 is 21.7 Å². The number of carbonyl (C=O) groups is 2. The summed E-state index contributed by atoms with van der Waals surface area (Å²) in [4.78, 5) is 21.8. The highest BCUT2D eigenvalue weighted by Gasteiger charge is 2.34. The average Bonchev–Trinajstić information content (AvgIpc) is 2.32. The molecule has 118 valence electrons. The van der Waals surface area contributed by atoms with Gasteiger partial charge in [-0.15, -0.1) is 0 Å². The van der Waals surface area contributed by atoms with Crippen LogP contribution in [-0.4, -0.2) is 55.2 Å². The number of hydrogen-bond acceptors (Lipinski definition) is 6. The van der Waals surface area contributed by atoms with Gasteiger partial charge in [0, 0.05) is 21.0 Å². The van der Waals surface area contributed by atoms with Crippen LogP contribution in [0.5, 0.6) is 0 Å². The Labute approximate surface area is 128 Å². The van der Waals surface area contributed by atoms with Crippen LogP contribution in [0.1, 0.15) is 27.7 Å². The van der Waals surface area contributed by atoms with Crippen molar-refractivity contribution in [3.05, 3.63) is 0 Å². The van der Waals surface area contributed by atoms with E-state index in [1.54, 1.807) is 27.7 Å². The van der Waals surface area contributed by atoms with Crippen molar-refractivity contribution >= 4 is 35.5 Å². The molecule has 0 aromatic rings. The summed E-state index contributed by atoms with van der Waals surface area (Å²) in [7, 11) is 0. The Hall–Kier alpha value is -0.440. The van der Waals surface area contributed by atoms with E-state index < -0.39 is 33.5 Å². The van der Waals surface area contributed by atoms with Gasteiger partial charge in [-0.3, -0.25) is 9.59 Å². The maximum Gasteiger partial charge on any atom is 0.321 e. The molecule has 0 bridgehead atoms. The number of aliphatic carboxylic acids is 2. The van der Waals surface area contributed by atoms with Gasteiger partial charge in [-0.2, -0.15) is 23.5 Å². The number of hydrogen-bond donors (Lipinski definition) is 4. The van der Waals surface area contributed by atoms with E-state index in [1.807, 2.05) is 0 Å². The van der Waals surface area contributed by atoms with Gasteiger partial charge in [0.25, 0.3) is 0 Å². The zero-order valence-electron chi connectivity index (χ0n) is 12.3. The molecule has 0 saturated heterocycles. The van der Waals surface area contributed by atoms with Crippen LogP contribution < -0.4 is 11.5 Å². The quantitative estimate of drug-likeness (QED) is 0.459. The van der Waals surface area contributed by atoms with Crippen molar-refractivity contribution in [1.82, 2.24) is 0 Å². The van der Waals surface area contributed by atoms with Crippen molar-refractivity contribution in [1.29, 1.82) is 0 Å². The third-order valence-electron chi connectivity index (χ3n) is 3.06. The lowest BCUT2D eigenvalue weighted by atomic mass is 10.1. The fourth-order valence-electron chi connectivity index (χ4n) is 1.38. The summed E-state index contributed by atoms with van der Waals surface area (Å²) in [6.45, 7) is 7.15. The largest absolute Gasteiger partial charge is 0.480 e. The normalized spacial score (nSPS) is 15.7. The number of nitrogens with two attached hydrogens (primary N) is 2. The minimum absolute atomic E-state index is 0.578. The molecule has 0 aliphatic heterocycles. The van der Waals surface area contributed by atoms with Gasteiger partial charge in [-0.1, -0.05) is 0 Å². The van der Waals surface area contributed by atoms with Gasteiger partial charge in [0.2, 0.25) is 0 Å². The fraction of sp³-hybridized carbons (Fsp3) is 0.833. The van der Waals surface area contributed by atoms with Gasteiger partial charge >= 0.3 is 11.9 Å². The first kappa shape index (κ1) is 19.6. The summed E-state index contributed by atoms with van der Waals surface area (Å²) in [5.74, 6) is -0.699. The van der Waals surface area contributed by atoms with Crippen LogP contribution in [0.3, 0.4) is 0 Å². The Bertz CT molecular complexity index is 327. The highest BCUT2D eigenvalue weighted by molar-refractivity contribution is 8.04. The van der Waals surface area contributed by atoms with Crippen LogP contribution in [0.25, 0.3) is 0 Å². The number of rotatable bonds is 9. The summed E-state index contributed by atoms with van der Waals surface area (Å²) in [6, 6.07) is -1.88. The Morgan fingerprint density at radius 1 is 0.900 bits per heavy atom. The molecule has 0 amide bonds. The highest BCUT2D eigenvalue weighted by Crippen LogP contribution is 2.32. The maximum atomic E-state index is 10.9. The minimum Gasteiger partial charge on any atom is -0.480 e. The number of carboxylic acids is 2. The summed E-state index contributed by atoms with van der Waals surface area (Å²) < 4.78 is -1.16. The third-order valence-corrected chi connectivity index (χ3v) is 6.13. The molecule has 0 heterocycles. The van der Waals surface area contributed by atoms with Crippen LogP contribution in [0, 0.1) is 0 Å². The maximum absolute atomic E-state index is 10.9. The molecule has 0 spiro atoms. The smallest absolute Gasteiger partial charge is 0.321 e. The summed E-state index contributed by atoms with van der Waals surface area (Å²) in [5, 5.41) is 17.8. The second-order valence-corrected chi connectivity index (χ2v) is 9.03. The van der Waals surface area contributed by atoms with E-state index in [2.05, 4.69) is 0 Å². The molecule has 2 atom stereocenters. The van der Waals surface area contributed by atoms with E-state index in [4.69, 9.17) is 21.7 Å². The van der Waals surface area contributed by atoms with Gasteiger partial charge in [-0.25, -0.2) is 0 Å². The van der Waals surface area contributed by atoms with Crippen LogP contribution in [-0.2, 0) is 9.59 Å². The molecule has 0 aliphatic carbocycles. The second-order valence-electron chi connectivity index (χ2n) is 5.54. The lowest BCUT2D eigenvalue weighted by molar-refractivity contribution is -0.140. The zero-order chi connectivity index (χ0) is 16.1. The Morgan fingerprint density at radius 2 is 1.15 bits per heavy atom. The third kappa shape index (κ3) is 5.90. The van der Waals surface area contributed by atoms with E-state index in [1.165, 1.54) is 23.5 Å². The first-order chi connectivity index (χ1) is 8.92. The molecular weight excluding hydrogens is 300 g/mol. The molecule has 0 unspecified atom stereocenters. The fourth-order valence-corrected chi connectivity index (χ4v) is 3.66. The topological polar surface area (TPSA) is 127 Å². The van der Waals surface area contributed by atoms with Crippen molar-refractivity contribution in [2.75, 3.05) is 11.5 Å². The number of thioether (sulfide) groups is 2. The lowest BCUT2D eigenvalue weighted by Gasteiger charge is -2.30. The average molecular weight is 324 g/mol. The van der Waals surface area contributed by atoms with Crippen LogP contribution in [0.2, 0.25) is 0 Å². The van der Waals surface area contributed by atoms with Gasteiger partial charge in [-0.05, 0) is 27.7 Å². The molecule has 8 heteroatoms. The Morgan fingerprint density at radius 3 is 1.35 bits per heavy atom. The molecule has 0 aromatic heterocycles. The molecule has 0 aromatic carbocycles. The van der Waals surface area contributed by atoms with Crippen LogP contribution >= 0.6 is 23.5 Å². The minimum atomic E-state index is -1.02. The monoisotopic (exact) mass is 324 g/mol. The first-order valence-corrected chi connectivity index (χ1v) is 8.13. The van der Waals surface area contributed by atoms with E-state index in [0.717, 1.165) is 0 Å².